The molecule has 0 unspecified atom stereocenters. The normalized spacial score (nSPS) is 10.3. The largest absolute Gasteiger partial charge is 0.425 e. The minimum absolute atomic E-state index is 0.434. The first-order valence-electron chi connectivity index (χ1n) is 7.40. The van der Waals surface area contributed by atoms with E-state index in [1.54, 1.807) is 6.07 Å². The summed E-state index contributed by atoms with van der Waals surface area (Å²) in [5, 5.41) is 10.0. The summed E-state index contributed by atoms with van der Waals surface area (Å²) in [6, 6.07) is 23.0. The van der Waals surface area contributed by atoms with E-state index in [0.29, 0.717) is 10.4 Å². The van der Waals surface area contributed by atoms with Gasteiger partial charge in [-0.2, -0.15) is 0 Å². The lowest BCUT2D eigenvalue weighted by molar-refractivity contribution is 0.172. The monoisotopic (exact) mass is 303 g/mol. The number of aryl methyl sites for hydroxylation is 1. The van der Waals surface area contributed by atoms with Crippen LogP contribution >= 0.6 is 0 Å². The topological polar surface area (TPSA) is 42.2 Å². The van der Waals surface area contributed by atoms with Gasteiger partial charge in [0.25, 0.3) is 5.56 Å². The van der Waals surface area contributed by atoms with Crippen LogP contribution in [0.15, 0.2) is 77.6 Å². The number of benzene rings is 2. The van der Waals surface area contributed by atoms with Crippen molar-refractivity contribution in [2.45, 2.75) is 6.92 Å². The molecule has 23 heavy (non-hydrogen) atoms. The van der Waals surface area contributed by atoms with Crippen molar-refractivity contribution < 1.29 is 5.21 Å². The van der Waals surface area contributed by atoms with Crippen molar-refractivity contribution in [2.24, 2.45) is 0 Å². The molecule has 0 saturated heterocycles. The fourth-order valence-corrected chi connectivity index (χ4v) is 2.54. The Hall–Kier alpha value is -3.07. The smallest absolute Gasteiger partial charge is 0.283 e. The second kappa shape index (κ2) is 6.36. The van der Waals surface area contributed by atoms with E-state index in [1.807, 2.05) is 73.7 Å². The second-order valence-corrected chi connectivity index (χ2v) is 5.40. The zero-order valence-corrected chi connectivity index (χ0v) is 12.8. The number of hydrogen-bond donors (Lipinski definition) is 1. The minimum Gasteiger partial charge on any atom is -0.425 e. The molecule has 0 aliphatic rings. The summed E-state index contributed by atoms with van der Waals surface area (Å²) in [7, 11) is 0. The quantitative estimate of drug-likeness (QED) is 0.744. The fraction of sp³-hybridized carbons (Fsp3) is 0.0500. The molecule has 1 heterocycles. The molecule has 0 amide bonds. The van der Waals surface area contributed by atoms with E-state index in [4.69, 9.17) is 0 Å². The molecule has 0 bridgehead atoms. The molecule has 0 aliphatic carbocycles. The Morgan fingerprint density at radius 3 is 1.96 bits per heavy atom. The standard InChI is InChI=1S/C20H17NO2/c1-15-12-18(21(23)20(22)13-15)14-19(16-8-4-2-5-9-16)17-10-6-3-7-11-17/h2-14,23H,1H3. The number of aromatic nitrogens is 1. The molecule has 3 nitrogen and oxygen atoms in total. The summed E-state index contributed by atoms with van der Waals surface area (Å²) in [4.78, 5) is 11.8. The van der Waals surface area contributed by atoms with Crippen molar-refractivity contribution in [1.29, 1.82) is 0 Å². The molecule has 0 saturated carbocycles. The fourth-order valence-electron chi connectivity index (χ4n) is 2.54. The Balaban J connectivity index is 2.23. The molecule has 3 heteroatoms. The number of nitrogens with zero attached hydrogens (tertiary/aromatic N) is 1. The lowest BCUT2D eigenvalue weighted by Crippen LogP contribution is -2.19. The molecular weight excluding hydrogens is 286 g/mol. The van der Waals surface area contributed by atoms with Gasteiger partial charge >= 0.3 is 0 Å². The highest BCUT2D eigenvalue weighted by molar-refractivity contribution is 5.90. The first kappa shape index (κ1) is 14.9. The second-order valence-electron chi connectivity index (χ2n) is 5.40. The van der Waals surface area contributed by atoms with E-state index in [-0.39, 0.29) is 0 Å². The van der Waals surface area contributed by atoms with Crippen molar-refractivity contribution in [3.63, 3.8) is 0 Å². The van der Waals surface area contributed by atoms with Gasteiger partial charge in [0.1, 0.15) is 0 Å². The van der Waals surface area contributed by atoms with Crippen LogP contribution in [0.5, 0.6) is 0 Å². The number of rotatable bonds is 3. The van der Waals surface area contributed by atoms with Crippen LogP contribution in [0.4, 0.5) is 0 Å². The van der Waals surface area contributed by atoms with E-state index in [2.05, 4.69) is 0 Å². The first-order valence-corrected chi connectivity index (χ1v) is 7.40. The van der Waals surface area contributed by atoms with Crippen LogP contribution in [0, 0.1) is 6.92 Å². The van der Waals surface area contributed by atoms with Gasteiger partial charge in [-0.05, 0) is 41.3 Å². The summed E-state index contributed by atoms with van der Waals surface area (Å²) in [6.07, 6.45) is 1.83. The Kier molecular flexibility index (Phi) is 4.11. The lowest BCUT2D eigenvalue weighted by atomic mass is 9.96. The summed E-state index contributed by atoms with van der Waals surface area (Å²) in [5.41, 5.74) is 3.82. The van der Waals surface area contributed by atoms with Gasteiger partial charge < -0.3 is 5.21 Å². The van der Waals surface area contributed by atoms with Crippen LogP contribution in [0.3, 0.4) is 0 Å². The predicted molar refractivity (Wildman–Crippen MR) is 92.5 cm³/mol. The molecule has 3 aromatic rings. The average Bonchev–Trinajstić information content (AvgIpc) is 2.58. The molecule has 0 aliphatic heterocycles. The van der Waals surface area contributed by atoms with Crippen LogP contribution in [0.25, 0.3) is 11.6 Å². The Bertz CT molecular complexity index is 852. The third kappa shape index (κ3) is 3.24. The minimum atomic E-state index is -0.434. The number of pyridine rings is 1. The van der Waals surface area contributed by atoms with E-state index >= 15 is 0 Å². The van der Waals surface area contributed by atoms with Gasteiger partial charge in [0, 0.05) is 6.07 Å². The first-order chi connectivity index (χ1) is 11.1. The van der Waals surface area contributed by atoms with Gasteiger partial charge in [0.2, 0.25) is 0 Å². The van der Waals surface area contributed by atoms with Crippen molar-refractivity contribution in [1.82, 2.24) is 4.73 Å². The van der Waals surface area contributed by atoms with Gasteiger partial charge in [-0.3, -0.25) is 4.79 Å². The third-order valence-electron chi connectivity index (χ3n) is 3.64. The van der Waals surface area contributed by atoms with Crippen LogP contribution in [0.1, 0.15) is 22.4 Å². The molecule has 0 radical (unpaired) electrons. The highest BCUT2D eigenvalue weighted by Crippen LogP contribution is 2.25. The van der Waals surface area contributed by atoms with E-state index in [1.165, 1.54) is 6.07 Å². The molecule has 114 valence electrons. The third-order valence-corrected chi connectivity index (χ3v) is 3.64. The maximum atomic E-state index is 11.8. The van der Waals surface area contributed by atoms with Crippen molar-refractivity contribution in [3.8, 4) is 0 Å². The van der Waals surface area contributed by atoms with E-state index in [0.717, 1.165) is 22.3 Å². The van der Waals surface area contributed by atoms with Crippen molar-refractivity contribution >= 4 is 11.6 Å². The lowest BCUT2D eigenvalue weighted by Gasteiger charge is -2.10. The molecular formula is C20H17NO2. The van der Waals surface area contributed by atoms with Gasteiger partial charge in [-0.1, -0.05) is 60.7 Å². The molecule has 0 spiro atoms. The van der Waals surface area contributed by atoms with Crippen LogP contribution in [-0.4, -0.2) is 9.94 Å². The summed E-state index contributed by atoms with van der Waals surface area (Å²) >= 11 is 0. The molecule has 1 N–H and O–H groups in total. The SMILES string of the molecule is Cc1cc(C=C(c2ccccc2)c2ccccc2)n(O)c(=O)c1. The molecule has 0 fully saturated rings. The van der Waals surface area contributed by atoms with Gasteiger partial charge in [-0.25, -0.2) is 0 Å². The summed E-state index contributed by atoms with van der Waals surface area (Å²) in [6.45, 7) is 1.84. The number of hydrogen-bond acceptors (Lipinski definition) is 2. The Morgan fingerprint density at radius 2 is 1.43 bits per heavy atom. The zero-order chi connectivity index (χ0) is 16.2. The zero-order valence-electron chi connectivity index (χ0n) is 12.8. The molecule has 3 rings (SSSR count). The highest BCUT2D eigenvalue weighted by atomic mass is 16.5. The van der Waals surface area contributed by atoms with Gasteiger partial charge in [0.15, 0.2) is 0 Å². The van der Waals surface area contributed by atoms with Crippen LogP contribution < -0.4 is 5.56 Å². The summed E-state index contributed by atoms with van der Waals surface area (Å²) in [5.74, 6) is 0. The maximum absolute atomic E-state index is 11.8. The van der Waals surface area contributed by atoms with Gasteiger partial charge in [0.05, 0.1) is 5.69 Å². The molecule has 2 aromatic carbocycles. The molecule has 1 aromatic heterocycles. The van der Waals surface area contributed by atoms with Crippen molar-refractivity contribution in [3.05, 3.63) is 106 Å². The van der Waals surface area contributed by atoms with Crippen LogP contribution in [-0.2, 0) is 0 Å². The average molecular weight is 303 g/mol. The summed E-state index contributed by atoms with van der Waals surface area (Å²) < 4.78 is 0.679. The Labute approximate surface area is 134 Å². The molecule has 0 atom stereocenters. The van der Waals surface area contributed by atoms with E-state index in [9.17, 15) is 10.0 Å². The Morgan fingerprint density at radius 1 is 0.913 bits per heavy atom. The van der Waals surface area contributed by atoms with Gasteiger partial charge in [-0.15, -0.1) is 4.73 Å². The van der Waals surface area contributed by atoms with Crippen LogP contribution in [0.2, 0.25) is 0 Å². The highest BCUT2D eigenvalue weighted by Gasteiger charge is 2.08. The predicted octanol–water partition coefficient (Wildman–Crippen LogP) is 3.98. The van der Waals surface area contributed by atoms with Crippen molar-refractivity contribution in [2.75, 3.05) is 0 Å². The van der Waals surface area contributed by atoms with E-state index < -0.39 is 5.56 Å². The maximum Gasteiger partial charge on any atom is 0.283 e.